The first-order valence-electron chi connectivity index (χ1n) is 9.74. The van der Waals surface area contributed by atoms with Gasteiger partial charge in [-0.3, -0.25) is 4.79 Å². The summed E-state index contributed by atoms with van der Waals surface area (Å²) in [6.07, 6.45) is 3.61. The highest BCUT2D eigenvalue weighted by atomic mass is 19.1. The van der Waals surface area contributed by atoms with Gasteiger partial charge in [0.2, 0.25) is 0 Å². The van der Waals surface area contributed by atoms with E-state index in [1.54, 1.807) is 16.8 Å². The summed E-state index contributed by atoms with van der Waals surface area (Å²) in [5.41, 5.74) is 1.96. The van der Waals surface area contributed by atoms with E-state index in [2.05, 4.69) is 10.4 Å². The topological polar surface area (TPSA) is 90.1 Å². The highest BCUT2D eigenvalue weighted by molar-refractivity contribution is 6.01. The lowest BCUT2D eigenvalue weighted by Crippen LogP contribution is -2.33. The number of carbonyl (C=O) groups excluding carboxylic acids is 1. The van der Waals surface area contributed by atoms with Crippen molar-refractivity contribution in [3.8, 4) is 0 Å². The fourth-order valence-electron chi connectivity index (χ4n) is 3.86. The Bertz CT molecular complexity index is 1070. The molecule has 2 atom stereocenters. The van der Waals surface area contributed by atoms with Crippen molar-refractivity contribution >= 4 is 17.1 Å². The van der Waals surface area contributed by atoms with Crippen molar-refractivity contribution in [2.24, 2.45) is 0 Å². The molecule has 1 fully saturated rings. The predicted octanol–water partition coefficient (Wildman–Crippen LogP) is 2.04. The predicted molar refractivity (Wildman–Crippen MR) is 106 cm³/mol. The monoisotopic (exact) mass is 416 g/mol. The molecule has 1 saturated heterocycles. The summed E-state index contributed by atoms with van der Waals surface area (Å²) in [6, 6.07) is 6.80. The Morgan fingerprint density at radius 1 is 1.30 bits per heavy atom. The summed E-state index contributed by atoms with van der Waals surface area (Å²) in [5, 5.41) is 25.1. The maximum atomic E-state index is 14.4. The molecule has 3 heterocycles. The zero-order chi connectivity index (χ0) is 21.3. The first kappa shape index (κ1) is 20.2. The second-order valence-corrected chi connectivity index (χ2v) is 7.34. The molecule has 0 spiro atoms. The number of pyridine rings is 1. The van der Waals surface area contributed by atoms with Crippen molar-refractivity contribution in [3.63, 3.8) is 0 Å². The van der Waals surface area contributed by atoms with Gasteiger partial charge in [0, 0.05) is 30.5 Å². The van der Waals surface area contributed by atoms with Crippen LogP contribution in [0.1, 0.15) is 34.8 Å². The van der Waals surface area contributed by atoms with Gasteiger partial charge in [-0.2, -0.15) is 5.10 Å². The molecule has 7 nitrogen and oxygen atoms in total. The number of rotatable bonds is 6. The van der Waals surface area contributed by atoms with E-state index >= 15 is 0 Å². The number of fused-ring (bicyclic) bond motifs is 1. The van der Waals surface area contributed by atoms with Gasteiger partial charge in [-0.15, -0.1) is 0 Å². The lowest BCUT2D eigenvalue weighted by atomic mass is 10.0. The van der Waals surface area contributed by atoms with Gasteiger partial charge in [0.15, 0.2) is 0 Å². The van der Waals surface area contributed by atoms with Crippen LogP contribution in [0.15, 0.2) is 42.7 Å². The van der Waals surface area contributed by atoms with Gasteiger partial charge in [0.05, 0.1) is 36.0 Å². The molecule has 3 N–H and O–H groups in total. The lowest BCUT2D eigenvalue weighted by molar-refractivity contribution is 0.0803. The minimum absolute atomic E-state index is 0.0839. The number of aromatic nitrogens is 2. The standard InChI is InChI=1S/C21H22F2N4O3/c22-13-3-4-18(23)16(8-13)19-2-1-6-26(19)14-5-7-27-20(9-14)17(11-25-27)21(30)24-10-15(29)12-28/h3-5,7-9,11,15,19,28-29H,1-2,6,10,12H2,(H,24,30)/t15-,19+/m0/s1. The third-order valence-corrected chi connectivity index (χ3v) is 5.36. The van der Waals surface area contributed by atoms with Crippen molar-refractivity contribution in [2.45, 2.75) is 25.0 Å². The normalized spacial score (nSPS) is 17.5. The number of anilines is 1. The number of hydrogen-bond acceptors (Lipinski definition) is 5. The van der Waals surface area contributed by atoms with Crippen LogP contribution in [0.2, 0.25) is 0 Å². The maximum Gasteiger partial charge on any atom is 0.255 e. The summed E-state index contributed by atoms with van der Waals surface area (Å²) < 4.78 is 29.6. The van der Waals surface area contributed by atoms with E-state index in [-0.39, 0.29) is 12.6 Å². The first-order chi connectivity index (χ1) is 14.5. The van der Waals surface area contributed by atoms with Gasteiger partial charge in [-0.25, -0.2) is 13.3 Å². The first-order valence-corrected chi connectivity index (χ1v) is 9.74. The Labute approximate surface area is 171 Å². The molecule has 0 radical (unpaired) electrons. The zero-order valence-electron chi connectivity index (χ0n) is 16.1. The number of aliphatic hydroxyl groups excluding tert-OH is 2. The Morgan fingerprint density at radius 3 is 2.93 bits per heavy atom. The number of halogens is 2. The molecule has 1 aliphatic rings. The van der Waals surface area contributed by atoms with Gasteiger partial charge >= 0.3 is 0 Å². The number of hydrogen-bond donors (Lipinski definition) is 3. The molecule has 0 unspecified atom stereocenters. The molecule has 0 aliphatic carbocycles. The number of benzene rings is 1. The van der Waals surface area contributed by atoms with Gasteiger partial charge in [-0.05, 0) is 43.2 Å². The number of carbonyl (C=O) groups is 1. The molecule has 1 aromatic carbocycles. The average Bonchev–Trinajstić information content (AvgIpc) is 3.40. The minimum atomic E-state index is -1.04. The minimum Gasteiger partial charge on any atom is -0.394 e. The van der Waals surface area contributed by atoms with E-state index in [0.29, 0.717) is 29.6 Å². The molecule has 2 aromatic heterocycles. The molecule has 4 rings (SSSR count). The molecule has 0 bridgehead atoms. The van der Waals surface area contributed by atoms with Crippen LogP contribution in [0.4, 0.5) is 14.5 Å². The van der Waals surface area contributed by atoms with E-state index in [9.17, 15) is 18.7 Å². The van der Waals surface area contributed by atoms with E-state index in [4.69, 9.17) is 5.11 Å². The molecule has 1 aliphatic heterocycles. The maximum absolute atomic E-state index is 14.4. The second-order valence-electron chi connectivity index (χ2n) is 7.34. The Balaban J connectivity index is 1.64. The van der Waals surface area contributed by atoms with Gasteiger partial charge in [0.1, 0.15) is 11.6 Å². The van der Waals surface area contributed by atoms with Crippen molar-refractivity contribution in [1.82, 2.24) is 14.9 Å². The molecular weight excluding hydrogens is 394 g/mol. The highest BCUT2D eigenvalue weighted by Crippen LogP contribution is 2.38. The van der Waals surface area contributed by atoms with E-state index in [1.807, 2.05) is 11.0 Å². The van der Waals surface area contributed by atoms with Crippen LogP contribution in [0.3, 0.4) is 0 Å². The summed E-state index contributed by atoms with van der Waals surface area (Å²) in [6.45, 7) is 0.140. The summed E-state index contributed by atoms with van der Waals surface area (Å²) in [4.78, 5) is 14.5. The summed E-state index contributed by atoms with van der Waals surface area (Å²) in [5.74, 6) is -1.35. The summed E-state index contributed by atoms with van der Waals surface area (Å²) >= 11 is 0. The van der Waals surface area contributed by atoms with E-state index in [0.717, 1.165) is 24.2 Å². The van der Waals surface area contributed by atoms with Crippen LogP contribution < -0.4 is 10.2 Å². The Kier molecular flexibility index (Phi) is 5.65. The number of nitrogens with one attached hydrogen (secondary N) is 1. The molecule has 9 heteroatoms. The van der Waals surface area contributed by atoms with E-state index in [1.165, 1.54) is 12.3 Å². The molecule has 158 valence electrons. The average molecular weight is 416 g/mol. The van der Waals surface area contributed by atoms with Crippen molar-refractivity contribution in [1.29, 1.82) is 0 Å². The quantitative estimate of drug-likeness (QED) is 0.572. The summed E-state index contributed by atoms with van der Waals surface area (Å²) in [7, 11) is 0. The van der Waals surface area contributed by atoms with Crippen LogP contribution in [0.5, 0.6) is 0 Å². The van der Waals surface area contributed by atoms with Gasteiger partial charge in [0.25, 0.3) is 5.91 Å². The number of amides is 1. The van der Waals surface area contributed by atoms with Crippen LogP contribution in [-0.2, 0) is 0 Å². The van der Waals surface area contributed by atoms with Crippen LogP contribution in [-0.4, -0.2) is 51.5 Å². The highest BCUT2D eigenvalue weighted by Gasteiger charge is 2.29. The fraction of sp³-hybridized carbons (Fsp3) is 0.333. The SMILES string of the molecule is O=C(NC[C@H](O)CO)c1cnn2ccc(N3CCC[C@@H]3c3cc(F)ccc3F)cc12. The smallest absolute Gasteiger partial charge is 0.255 e. The van der Waals surface area contributed by atoms with Gasteiger partial charge < -0.3 is 20.4 Å². The Hall–Kier alpha value is -3.04. The van der Waals surface area contributed by atoms with Gasteiger partial charge in [-0.1, -0.05) is 0 Å². The fourth-order valence-corrected chi connectivity index (χ4v) is 3.86. The second kappa shape index (κ2) is 8.37. The lowest BCUT2D eigenvalue weighted by Gasteiger charge is -2.27. The van der Waals surface area contributed by atoms with Crippen molar-refractivity contribution in [2.75, 3.05) is 24.6 Å². The van der Waals surface area contributed by atoms with E-state index < -0.39 is 30.3 Å². The van der Waals surface area contributed by atoms with Crippen LogP contribution in [0.25, 0.3) is 5.52 Å². The van der Waals surface area contributed by atoms with Crippen LogP contribution >= 0.6 is 0 Å². The Morgan fingerprint density at radius 2 is 2.13 bits per heavy atom. The third kappa shape index (κ3) is 3.86. The molecule has 3 aromatic rings. The van der Waals surface area contributed by atoms with Crippen molar-refractivity contribution in [3.05, 3.63) is 65.5 Å². The molecule has 1 amide bonds. The zero-order valence-corrected chi connectivity index (χ0v) is 16.1. The third-order valence-electron chi connectivity index (χ3n) is 5.36. The molecule has 30 heavy (non-hydrogen) atoms. The molecule has 0 saturated carbocycles. The van der Waals surface area contributed by atoms with Crippen molar-refractivity contribution < 1.29 is 23.8 Å². The molecular formula is C21H22F2N4O3. The van der Waals surface area contributed by atoms with Crippen LogP contribution in [0, 0.1) is 11.6 Å². The largest absolute Gasteiger partial charge is 0.394 e. The number of aliphatic hydroxyl groups is 2. The number of nitrogens with zero attached hydrogens (tertiary/aromatic N) is 3.